The maximum Gasteiger partial charge on any atom is 0.221 e. The largest absolute Gasteiger partial charge is 0.369 e. The minimum Gasteiger partial charge on any atom is -0.369 e. The van der Waals surface area contributed by atoms with Crippen molar-refractivity contribution in [3.8, 4) is 0 Å². The van der Waals surface area contributed by atoms with Crippen LogP contribution >= 0.6 is 0 Å². The number of rotatable bonds is 6. The van der Waals surface area contributed by atoms with Crippen LogP contribution in [0.3, 0.4) is 0 Å². The molecule has 0 aromatic heterocycles. The summed E-state index contributed by atoms with van der Waals surface area (Å²) < 4.78 is 0. The van der Waals surface area contributed by atoms with Crippen LogP contribution in [0.5, 0.6) is 0 Å². The third-order valence-corrected chi connectivity index (χ3v) is 3.42. The number of amides is 1. The van der Waals surface area contributed by atoms with Gasteiger partial charge in [-0.1, -0.05) is 6.92 Å². The molecule has 1 aliphatic rings. The molecule has 0 spiro atoms. The van der Waals surface area contributed by atoms with Gasteiger partial charge in [0, 0.05) is 25.7 Å². The van der Waals surface area contributed by atoms with Crippen molar-refractivity contribution < 1.29 is 4.79 Å². The molecule has 4 heteroatoms. The summed E-state index contributed by atoms with van der Waals surface area (Å²) in [6, 6.07) is 0.582. The van der Waals surface area contributed by atoms with Gasteiger partial charge in [-0.3, -0.25) is 9.69 Å². The number of primary amides is 1. The minimum absolute atomic E-state index is 0.0578. The van der Waals surface area contributed by atoms with E-state index in [-0.39, 0.29) is 11.8 Å². The Morgan fingerprint density at radius 1 is 1.44 bits per heavy atom. The lowest BCUT2D eigenvalue weighted by molar-refractivity contribution is -0.123. The standard InChI is InChI=1S/C12H25N3O/c1-3-6-14-7-8-15-9-11(12(13)16)5-4-10(15)2/h10-11,14H,3-9H2,1-2H3,(H2,13,16). The molecule has 94 valence electrons. The molecule has 1 fully saturated rings. The molecular weight excluding hydrogens is 202 g/mol. The number of nitrogens with one attached hydrogen (secondary N) is 1. The van der Waals surface area contributed by atoms with Crippen LogP contribution in [-0.4, -0.2) is 43.0 Å². The van der Waals surface area contributed by atoms with E-state index in [2.05, 4.69) is 24.1 Å². The molecule has 0 saturated carbocycles. The third kappa shape index (κ3) is 4.10. The molecule has 0 radical (unpaired) electrons. The van der Waals surface area contributed by atoms with Crippen LogP contribution in [0.1, 0.15) is 33.1 Å². The van der Waals surface area contributed by atoms with Crippen LogP contribution in [0.2, 0.25) is 0 Å². The highest BCUT2D eigenvalue weighted by molar-refractivity contribution is 5.76. The first-order chi connectivity index (χ1) is 7.65. The molecular formula is C12H25N3O. The fourth-order valence-corrected chi connectivity index (χ4v) is 2.25. The van der Waals surface area contributed by atoms with Gasteiger partial charge in [0.15, 0.2) is 0 Å². The van der Waals surface area contributed by atoms with Gasteiger partial charge in [-0.25, -0.2) is 0 Å². The highest BCUT2D eigenvalue weighted by atomic mass is 16.1. The van der Waals surface area contributed by atoms with E-state index in [0.29, 0.717) is 6.04 Å². The fourth-order valence-electron chi connectivity index (χ4n) is 2.25. The Kier molecular flexibility index (Phi) is 5.77. The lowest BCUT2D eigenvalue weighted by atomic mass is 9.93. The summed E-state index contributed by atoms with van der Waals surface area (Å²) in [7, 11) is 0. The summed E-state index contributed by atoms with van der Waals surface area (Å²) in [4.78, 5) is 13.5. The highest BCUT2D eigenvalue weighted by Gasteiger charge is 2.27. The molecule has 4 nitrogen and oxygen atoms in total. The molecule has 2 atom stereocenters. The summed E-state index contributed by atoms with van der Waals surface area (Å²) in [5.74, 6) is -0.0826. The van der Waals surface area contributed by atoms with Crippen molar-refractivity contribution >= 4 is 5.91 Å². The van der Waals surface area contributed by atoms with E-state index in [4.69, 9.17) is 5.73 Å². The second kappa shape index (κ2) is 6.86. The molecule has 0 aliphatic carbocycles. The van der Waals surface area contributed by atoms with E-state index in [1.807, 2.05) is 0 Å². The first-order valence-corrected chi connectivity index (χ1v) is 6.39. The summed E-state index contributed by atoms with van der Waals surface area (Å²) in [5, 5.41) is 3.39. The lowest BCUT2D eigenvalue weighted by Gasteiger charge is -2.36. The predicted octanol–water partition coefficient (Wildman–Crippen LogP) is 0.572. The van der Waals surface area contributed by atoms with E-state index in [1.165, 1.54) is 6.42 Å². The summed E-state index contributed by atoms with van der Waals surface area (Å²) in [6.07, 6.45) is 3.20. The summed E-state index contributed by atoms with van der Waals surface area (Å²) in [6.45, 7) is 8.33. The van der Waals surface area contributed by atoms with Crippen LogP contribution < -0.4 is 11.1 Å². The topological polar surface area (TPSA) is 58.4 Å². The smallest absolute Gasteiger partial charge is 0.221 e. The molecule has 0 aromatic rings. The van der Waals surface area contributed by atoms with E-state index in [9.17, 15) is 4.79 Å². The van der Waals surface area contributed by atoms with Crippen LogP contribution in [0.25, 0.3) is 0 Å². The Morgan fingerprint density at radius 3 is 2.81 bits per heavy atom. The first kappa shape index (κ1) is 13.5. The summed E-state index contributed by atoms with van der Waals surface area (Å²) in [5.41, 5.74) is 5.37. The molecule has 3 N–H and O–H groups in total. The number of hydrogen-bond acceptors (Lipinski definition) is 3. The van der Waals surface area contributed by atoms with Crippen LogP contribution in [0, 0.1) is 5.92 Å². The Morgan fingerprint density at radius 2 is 2.19 bits per heavy atom. The number of carbonyl (C=O) groups is 1. The number of nitrogens with zero attached hydrogens (tertiary/aromatic N) is 1. The molecule has 1 rings (SSSR count). The summed E-state index contributed by atoms with van der Waals surface area (Å²) >= 11 is 0. The van der Waals surface area contributed by atoms with Gasteiger partial charge in [-0.15, -0.1) is 0 Å². The minimum atomic E-state index is -0.140. The van der Waals surface area contributed by atoms with Crippen molar-refractivity contribution in [1.29, 1.82) is 0 Å². The molecule has 1 amide bonds. The SMILES string of the molecule is CCCNCCN1CC(C(N)=O)CCC1C. The second-order valence-electron chi connectivity index (χ2n) is 4.77. The Hall–Kier alpha value is -0.610. The van der Waals surface area contributed by atoms with Gasteiger partial charge in [0.1, 0.15) is 0 Å². The maximum atomic E-state index is 11.2. The van der Waals surface area contributed by atoms with E-state index in [1.54, 1.807) is 0 Å². The van der Waals surface area contributed by atoms with E-state index in [0.717, 1.165) is 39.0 Å². The Labute approximate surface area is 98.6 Å². The Balaban J connectivity index is 2.29. The number of piperidine rings is 1. The zero-order chi connectivity index (χ0) is 12.0. The van der Waals surface area contributed by atoms with Crippen LogP contribution in [0.15, 0.2) is 0 Å². The van der Waals surface area contributed by atoms with Crippen molar-refractivity contribution in [2.45, 2.75) is 39.2 Å². The quantitative estimate of drug-likeness (QED) is 0.652. The number of nitrogens with two attached hydrogens (primary N) is 1. The molecule has 2 unspecified atom stereocenters. The van der Waals surface area contributed by atoms with Crippen molar-refractivity contribution in [3.05, 3.63) is 0 Å². The van der Waals surface area contributed by atoms with Gasteiger partial charge in [-0.05, 0) is 32.7 Å². The zero-order valence-electron chi connectivity index (χ0n) is 10.5. The molecule has 1 heterocycles. The normalized spacial score (nSPS) is 26.9. The molecule has 16 heavy (non-hydrogen) atoms. The fraction of sp³-hybridized carbons (Fsp3) is 0.917. The zero-order valence-corrected chi connectivity index (χ0v) is 10.5. The maximum absolute atomic E-state index is 11.2. The van der Waals surface area contributed by atoms with Crippen LogP contribution in [0.4, 0.5) is 0 Å². The average Bonchev–Trinajstić information content (AvgIpc) is 2.26. The number of hydrogen-bond donors (Lipinski definition) is 2. The Bertz CT molecular complexity index is 220. The van der Waals surface area contributed by atoms with Gasteiger partial charge in [0.05, 0.1) is 5.92 Å². The van der Waals surface area contributed by atoms with E-state index >= 15 is 0 Å². The lowest BCUT2D eigenvalue weighted by Crippen LogP contribution is -2.47. The third-order valence-electron chi connectivity index (χ3n) is 3.42. The van der Waals surface area contributed by atoms with Crippen molar-refractivity contribution in [2.24, 2.45) is 11.7 Å². The van der Waals surface area contributed by atoms with E-state index < -0.39 is 0 Å². The van der Waals surface area contributed by atoms with Crippen molar-refractivity contribution in [2.75, 3.05) is 26.2 Å². The van der Waals surface area contributed by atoms with Crippen molar-refractivity contribution in [1.82, 2.24) is 10.2 Å². The predicted molar refractivity (Wildman–Crippen MR) is 66.1 cm³/mol. The van der Waals surface area contributed by atoms with Crippen LogP contribution in [-0.2, 0) is 4.79 Å². The van der Waals surface area contributed by atoms with Crippen molar-refractivity contribution in [3.63, 3.8) is 0 Å². The monoisotopic (exact) mass is 227 g/mol. The van der Waals surface area contributed by atoms with Gasteiger partial charge >= 0.3 is 0 Å². The second-order valence-corrected chi connectivity index (χ2v) is 4.77. The molecule has 1 saturated heterocycles. The average molecular weight is 227 g/mol. The highest BCUT2D eigenvalue weighted by Crippen LogP contribution is 2.20. The number of likely N-dealkylation sites (tertiary alicyclic amines) is 1. The molecule has 1 aliphatic heterocycles. The van der Waals surface area contributed by atoms with Gasteiger partial charge in [-0.2, -0.15) is 0 Å². The first-order valence-electron chi connectivity index (χ1n) is 6.39. The molecule has 0 aromatic carbocycles. The number of carbonyl (C=O) groups excluding carboxylic acids is 1. The van der Waals surface area contributed by atoms with Gasteiger partial charge in [0.2, 0.25) is 5.91 Å². The van der Waals surface area contributed by atoms with Gasteiger partial charge in [0.25, 0.3) is 0 Å². The molecule has 0 bridgehead atoms. The van der Waals surface area contributed by atoms with Gasteiger partial charge < -0.3 is 11.1 Å².